The van der Waals surface area contributed by atoms with Crippen molar-refractivity contribution in [3.63, 3.8) is 0 Å². The first-order chi connectivity index (χ1) is 6.18. The van der Waals surface area contributed by atoms with Gasteiger partial charge < -0.3 is 15.2 Å². The standard InChI is InChI=1S/C10H13NO2/c1-10(6-12-7-10)13-9-4-2-8(11)3-5-9/h2-5H,6-7,11H2,1H3. The molecule has 3 heteroatoms. The highest BCUT2D eigenvalue weighted by Crippen LogP contribution is 2.25. The molecule has 0 saturated carbocycles. The van der Waals surface area contributed by atoms with Gasteiger partial charge >= 0.3 is 0 Å². The van der Waals surface area contributed by atoms with Crippen LogP contribution in [-0.2, 0) is 4.74 Å². The Kier molecular flexibility index (Phi) is 1.88. The van der Waals surface area contributed by atoms with E-state index in [4.69, 9.17) is 15.2 Å². The summed E-state index contributed by atoms with van der Waals surface area (Å²) in [6.45, 7) is 3.36. The molecule has 1 aromatic carbocycles. The van der Waals surface area contributed by atoms with Crippen molar-refractivity contribution in [1.82, 2.24) is 0 Å². The molecule has 1 fully saturated rings. The van der Waals surface area contributed by atoms with Gasteiger partial charge in [-0.2, -0.15) is 0 Å². The summed E-state index contributed by atoms with van der Waals surface area (Å²) in [5.74, 6) is 0.847. The molecule has 3 nitrogen and oxygen atoms in total. The highest BCUT2D eigenvalue weighted by atomic mass is 16.6. The van der Waals surface area contributed by atoms with E-state index in [1.807, 2.05) is 31.2 Å². The maximum absolute atomic E-state index is 5.71. The lowest BCUT2D eigenvalue weighted by Gasteiger charge is -2.38. The molecule has 0 atom stereocenters. The Balaban J connectivity index is 2.05. The summed E-state index contributed by atoms with van der Waals surface area (Å²) < 4.78 is 10.8. The SMILES string of the molecule is CC1(Oc2ccc(N)cc2)COC1. The number of anilines is 1. The fraction of sp³-hybridized carbons (Fsp3) is 0.400. The van der Waals surface area contributed by atoms with Gasteiger partial charge in [0.05, 0.1) is 13.2 Å². The van der Waals surface area contributed by atoms with Gasteiger partial charge in [-0.15, -0.1) is 0 Å². The second kappa shape index (κ2) is 2.92. The number of benzene rings is 1. The molecule has 1 aliphatic rings. The van der Waals surface area contributed by atoms with Crippen LogP contribution in [0, 0.1) is 0 Å². The van der Waals surface area contributed by atoms with Crippen LogP contribution in [0.25, 0.3) is 0 Å². The van der Waals surface area contributed by atoms with Crippen LogP contribution in [0.5, 0.6) is 5.75 Å². The molecule has 70 valence electrons. The van der Waals surface area contributed by atoms with E-state index in [2.05, 4.69) is 0 Å². The van der Waals surface area contributed by atoms with Gasteiger partial charge in [-0.1, -0.05) is 0 Å². The molecular formula is C10H13NO2. The van der Waals surface area contributed by atoms with E-state index in [9.17, 15) is 0 Å². The quantitative estimate of drug-likeness (QED) is 0.698. The predicted molar refractivity (Wildman–Crippen MR) is 50.7 cm³/mol. The van der Waals surface area contributed by atoms with Crippen molar-refractivity contribution in [2.24, 2.45) is 0 Å². The first kappa shape index (κ1) is 8.38. The average molecular weight is 179 g/mol. The van der Waals surface area contributed by atoms with Crippen molar-refractivity contribution in [2.75, 3.05) is 18.9 Å². The van der Waals surface area contributed by atoms with Gasteiger partial charge in [0, 0.05) is 5.69 Å². The molecule has 0 spiro atoms. The van der Waals surface area contributed by atoms with Gasteiger partial charge in [0.1, 0.15) is 5.75 Å². The van der Waals surface area contributed by atoms with E-state index in [-0.39, 0.29) is 5.60 Å². The zero-order chi connectivity index (χ0) is 9.31. The largest absolute Gasteiger partial charge is 0.483 e. The monoisotopic (exact) mass is 179 g/mol. The summed E-state index contributed by atoms with van der Waals surface area (Å²) in [7, 11) is 0. The molecule has 0 radical (unpaired) electrons. The van der Waals surface area contributed by atoms with Crippen molar-refractivity contribution < 1.29 is 9.47 Å². The molecule has 13 heavy (non-hydrogen) atoms. The third kappa shape index (κ3) is 1.75. The smallest absolute Gasteiger partial charge is 0.152 e. The number of nitrogen functional groups attached to an aromatic ring is 1. The van der Waals surface area contributed by atoms with E-state index < -0.39 is 0 Å². The zero-order valence-electron chi connectivity index (χ0n) is 7.62. The van der Waals surface area contributed by atoms with Crippen LogP contribution in [0.4, 0.5) is 5.69 Å². The lowest BCUT2D eigenvalue weighted by atomic mass is 10.1. The van der Waals surface area contributed by atoms with Gasteiger partial charge in [0.25, 0.3) is 0 Å². The Bertz CT molecular complexity index is 290. The summed E-state index contributed by atoms with van der Waals surface area (Å²) in [6, 6.07) is 7.41. The van der Waals surface area contributed by atoms with Crippen molar-refractivity contribution in [1.29, 1.82) is 0 Å². The lowest BCUT2D eigenvalue weighted by Crippen LogP contribution is -2.51. The minimum Gasteiger partial charge on any atom is -0.483 e. The summed E-state index contributed by atoms with van der Waals surface area (Å²) in [6.07, 6.45) is 0. The van der Waals surface area contributed by atoms with Gasteiger partial charge in [-0.3, -0.25) is 0 Å². The van der Waals surface area contributed by atoms with Crippen LogP contribution in [0.3, 0.4) is 0 Å². The van der Waals surface area contributed by atoms with Gasteiger partial charge in [0.2, 0.25) is 0 Å². The fourth-order valence-electron chi connectivity index (χ4n) is 1.27. The van der Waals surface area contributed by atoms with Crippen molar-refractivity contribution in [2.45, 2.75) is 12.5 Å². The van der Waals surface area contributed by atoms with Gasteiger partial charge in [-0.25, -0.2) is 0 Å². The highest BCUT2D eigenvalue weighted by Gasteiger charge is 2.35. The summed E-state index contributed by atoms with van der Waals surface area (Å²) in [4.78, 5) is 0. The molecule has 2 rings (SSSR count). The van der Waals surface area contributed by atoms with E-state index >= 15 is 0 Å². The molecule has 0 bridgehead atoms. The zero-order valence-corrected chi connectivity index (χ0v) is 7.62. The van der Waals surface area contributed by atoms with E-state index in [1.54, 1.807) is 0 Å². The summed E-state index contributed by atoms with van der Waals surface area (Å²) >= 11 is 0. The molecule has 0 unspecified atom stereocenters. The van der Waals surface area contributed by atoms with E-state index in [1.165, 1.54) is 0 Å². The number of hydrogen-bond acceptors (Lipinski definition) is 3. The van der Waals surface area contributed by atoms with Crippen LogP contribution >= 0.6 is 0 Å². The van der Waals surface area contributed by atoms with Gasteiger partial charge in [-0.05, 0) is 31.2 Å². The number of nitrogens with two attached hydrogens (primary N) is 1. The minimum atomic E-state index is -0.143. The second-order valence-electron chi connectivity index (χ2n) is 3.61. The average Bonchev–Trinajstić information content (AvgIpc) is 2.06. The Morgan fingerprint density at radius 2 is 1.92 bits per heavy atom. The topological polar surface area (TPSA) is 44.5 Å². The van der Waals surface area contributed by atoms with Crippen molar-refractivity contribution in [3.8, 4) is 5.75 Å². The Hall–Kier alpha value is -1.22. The molecule has 0 amide bonds. The molecule has 0 aliphatic carbocycles. The predicted octanol–water partition coefficient (Wildman–Crippen LogP) is 1.44. The van der Waals surface area contributed by atoms with E-state index in [0.29, 0.717) is 13.2 Å². The molecule has 1 aliphatic heterocycles. The normalized spacial score (nSPS) is 19.2. The fourth-order valence-corrected chi connectivity index (χ4v) is 1.27. The van der Waals surface area contributed by atoms with Crippen LogP contribution in [0.15, 0.2) is 24.3 Å². The van der Waals surface area contributed by atoms with Crippen molar-refractivity contribution >= 4 is 5.69 Å². The number of rotatable bonds is 2. The van der Waals surface area contributed by atoms with Crippen LogP contribution in [0.1, 0.15) is 6.92 Å². The molecule has 1 aromatic rings. The van der Waals surface area contributed by atoms with Crippen LogP contribution in [0.2, 0.25) is 0 Å². The van der Waals surface area contributed by atoms with E-state index in [0.717, 1.165) is 11.4 Å². The third-order valence-electron chi connectivity index (χ3n) is 2.06. The lowest BCUT2D eigenvalue weighted by molar-refractivity contribution is -0.149. The van der Waals surface area contributed by atoms with Gasteiger partial charge in [0.15, 0.2) is 5.60 Å². The minimum absolute atomic E-state index is 0.143. The molecule has 0 aromatic heterocycles. The molecular weight excluding hydrogens is 166 g/mol. The number of ether oxygens (including phenoxy) is 2. The Morgan fingerprint density at radius 1 is 1.31 bits per heavy atom. The third-order valence-corrected chi connectivity index (χ3v) is 2.06. The molecule has 1 saturated heterocycles. The Labute approximate surface area is 77.5 Å². The Morgan fingerprint density at radius 3 is 2.38 bits per heavy atom. The maximum atomic E-state index is 5.71. The highest BCUT2D eigenvalue weighted by molar-refractivity contribution is 5.41. The molecule has 1 heterocycles. The second-order valence-corrected chi connectivity index (χ2v) is 3.61. The number of hydrogen-bond donors (Lipinski definition) is 1. The van der Waals surface area contributed by atoms with Crippen molar-refractivity contribution in [3.05, 3.63) is 24.3 Å². The molecule has 2 N–H and O–H groups in total. The summed E-state index contributed by atoms with van der Waals surface area (Å²) in [5, 5.41) is 0. The first-order valence-electron chi connectivity index (χ1n) is 4.30. The summed E-state index contributed by atoms with van der Waals surface area (Å²) in [5.41, 5.74) is 6.17. The first-order valence-corrected chi connectivity index (χ1v) is 4.30. The maximum Gasteiger partial charge on any atom is 0.152 e. The van der Waals surface area contributed by atoms with Crippen LogP contribution in [-0.4, -0.2) is 18.8 Å². The van der Waals surface area contributed by atoms with Crippen LogP contribution < -0.4 is 10.5 Å².